The third kappa shape index (κ3) is 1.77. The van der Waals surface area contributed by atoms with Gasteiger partial charge in [-0.25, -0.2) is 0 Å². The zero-order chi connectivity index (χ0) is 13.5. The maximum atomic E-state index is 12.0. The molecule has 0 radical (unpaired) electrons. The number of benzene rings is 1. The van der Waals surface area contributed by atoms with Gasteiger partial charge in [-0.15, -0.1) is 0 Å². The van der Waals surface area contributed by atoms with Gasteiger partial charge in [0.05, 0.1) is 18.2 Å². The van der Waals surface area contributed by atoms with Crippen molar-refractivity contribution in [1.29, 1.82) is 0 Å². The van der Waals surface area contributed by atoms with E-state index in [0.717, 1.165) is 24.8 Å². The Balaban J connectivity index is 1.99. The van der Waals surface area contributed by atoms with Gasteiger partial charge >= 0.3 is 5.97 Å². The second kappa shape index (κ2) is 4.26. The van der Waals surface area contributed by atoms with E-state index in [0.29, 0.717) is 11.4 Å². The molecular formula is C14H15NO4. The minimum atomic E-state index is -0.550. The van der Waals surface area contributed by atoms with Crippen molar-refractivity contribution in [2.45, 2.75) is 24.7 Å². The topological polar surface area (TPSA) is 64.6 Å². The Morgan fingerprint density at radius 3 is 2.84 bits per heavy atom. The van der Waals surface area contributed by atoms with Crippen molar-refractivity contribution in [3.05, 3.63) is 23.8 Å². The van der Waals surface area contributed by atoms with Crippen LogP contribution in [0.25, 0.3) is 0 Å². The van der Waals surface area contributed by atoms with Crippen LogP contribution in [0.4, 0.5) is 5.69 Å². The number of rotatable bonds is 2. The summed E-state index contributed by atoms with van der Waals surface area (Å²) in [4.78, 5) is 23.3. The fourth-order valence-electron chi connectivity index (χ4n) is 2.72. The number of methoxy groups -OCH3 is 1. The highest BCUT2D eigenvalue weighted by Gasteiger charge is 2.47. The van der Waals surface area contributed by atoms with E-state index >= 15 is 0 Å². The molecule has 2 aliphatic rings. The summed E-state index contributed by atoms with van der Waals surface area (Å²) < 4.78 is 10.2. The first-order valence-electron chi connectivity index (χ1n) is 6.31. The van der Waals surface area contributed by atoms with Gasteiger partial charge in [0.1, 0.15) is 5.75 Å². The third-order valence-electron chi connectivity index (χ3n) is 3.95. The van der Waals surface area contributed by atoms with Gasteiger partial charge in [-0.3, -0.25) is 9.59 Å². The molecule has 19 heavy (non-hydrogen) atoms. The number of amides is 1. The first-order valence-corrected chi connectivity index (χ1v) is 6.31. The molecule has 1 aromatic rings. The minimum Gasteiger partial charge on any atom is -0.482 e. The largest absolute Gasteiger partial charge is 0.482 e. The monoisotopic (exact) mass is 261 g/mol. The van der Waals surface area contributed by atoms with Gasteiger partial charge in [-0.05, 0) is 30.5 Å². The predicted octanol–water partition coefficient (Wildman–Crippen LogP) is 1.61. The lowest BCUT2D eigenvalue weighted by atomic mass is 9.64. The molecule has 0 unspecified atom stereocenters. The van der Waals surface area contributed by atoms with Crippen molar-refractivity contribution in [3.8, 4) is 5.75 Å². The van der Waals surface area contributed by atoms with Crippen molar-refractivity contribution in [1.82, 2.24) is 0 Å². The molecule has 0 saturated heterocycles. The number of hydrogen-bond acceptors (Lipinski definition) is 4. The van der Waals surface area contributed by atoms with Crippen molar-refractivity contribution in [2.24, 2.45) is 0 Å². The molecule has 0 bridgehead atoms. The Kier molecular flexibility index (Phi) is 2.69. The SMILES string of the molecule is COC(=O)C1(c2ccc3c(c2)NC(=O)CO3)CCC1. The van der Waals surface area contributed by atoms with Gasteiger partial charge in [0.15, 0.2) is 6.61 Å². The Morgan fingerprint density at radius 2 is 2.21 bits per heavy atom. The fraction of sp³-hybridized carbons (Fsp3) is 0.429. The average Bonchev–Trinajstić information content (AvgIpc) is 2.36. The predicted molar refractivity (Wildman–Crippen MR) is 68.1 cm³/mol. The number of ether oxygens (including phenoxy) is 2. The summed E-state index contributed by atoms with van der Waals surface area (Å²) in [5, 5.41) is 2.76. The fourth-order valence-corrected chi connectivity index (χ4v) is 2.72. The summed E-state index contributed by atoms with van der Waals surface area (Å²) >= 11 is 0. The van der Waals surface area contributed by atoms with Crippen LogP contribution in [-0.2, 0) is 19.7 Å². The Hall–Kier alpha value is -2.04. The summed E-state index contributed by atoms with van der Waals surface area (Å²) in [5.74, 6) is 0.259. The van der Waals surface area contributed by atoms with Gasteiger partial charge in [-0.1, -0.05) is 12.5 Å². The maximum absolute atomic E-state index is 12.0. The molecule has 1 aliphatic heterocycles. The van der Waals surface area contributed by atoms with Crippen molar-refractivity contribution < 1.29 is 19.1 Å². The number of carbonyl (C=O) groups excluding carboxylic acids is 2. The Bertz CT molecular complexity index is 548. The summed E-state index contributed by atoms with van der Waals surface area (Å²) in [5.41, 5.74) is 0.963. The van der Waals surface area contributed by atoms with E-state index in [-0.39, 0.29) is 18.5 Å². The average molecular weight is 261 g/mol. The lowest BCUT2D eigenvalue weighted by Crippen LogP contribution is -2.43. The van der Waals surface area contributed by atoms with Crippen LogP contribution in [0.15, 0.2) is 18.2 Å². The molecule has 0 atom stereocenters. The molecule has 1 fully saturated rings. The van der Waals surface area contributed by atoms with Crippen LogP contribution in [0.2, 0.25) is 0 Å². The van der Waals surface area contributed by atoms with Crippen LogP contribution in [0.1, 0.15) is 24.8 Å². The quantitative estimate of drug-likeness (QED) is 0.821. The second-order valence-electron chi connectivity index (χ2n) is 4.98. The number of nitrogens with one attached hydrogen (secondary N) is 1. The van der Waals surface area contributed by atoms with Gasteiger partial charge in [-0.2, -0.15) is 0 Å². The number of esters is 1. The molecule has 5 nitrogen and oxygen atoms in total. The Morgan fingerprint density at radius 1 is 1.42 bits per heavy atom. The Labute approximate surface area is 110 Å². The molecule has 5 heteroatoms. The van der Waals surface area contributed by atoms with Crippen LogP contribution >= 0.6 is 0 Å². The van der Waals surface area contributed by atoms with E-state index in [4.69, 9.17) is 9.47 Å². The zero-order valence-electron chi connectivity index (χ0n) is 10.7. The van der Waals surface area contributed by atoms with Gasteiger partial charge in [0, 0.05) is 0 Å². The zero-order valence-corrected chi connectivity index (χ0v) is 10.7. The molecule has 0 aromatic heterocycles. The van der Waals surface area contributed by atoms with Gasteiger partial charge in [0.25, 0.3) is 5.91 Å². The standard InChI is InChI=1S/C14H15NO4/c1-18-13(17)14(5-2-6-14)9-3-4-11-10(7-9)15-12(16)8-19-11/h3-4,7H,2,5-6,8H2,1H3,(H,15,16). The maximum Gasteiger partial charge on any atom is 0.316 e. The van der Waals surface area contributed by atoms with Crippen molar-refractivity contribution in [3.63, 3.8) is 0 Å². The lowest BCUT2D eigenvalue weighted by Gasteiger charge is -2.39. The van der Waals surface area contributed by atoms with Crippen molar-refractivity contribution in [2.75, 3.05) is 19.0 Å². The van der Waals surface area contributed by atoms with Crippen molar-refractivity contribution >= 4 is 17.6 Å². The van der Waals surface area contributed by atoms with Crippen LogP contribution in [0.3, 0.4) is 0 Å². The molecule has 1 N–H and O–H groups in total. The molecule has 1 amide bonds. The van der Waals surface area contributed by atoms with Crippen LogP contribution < -0.4 is 10.1 Å². The highest BCUT2D eigenvalue weighted by atomic mass is 16.5. The number of anilines is 1. The number of hydrogen-bond donors (Lipinski definition) is 1. The summed E-state index contributed by atoms with van der Waals surface area (Å²) in [6, 6.07) is 5.50. The number of fused-ring (bicyclic) bond motifs is 1. The molecule has 0 spiro atoms. The van der Waals surface area contributed by atoms with Gasteiger partial charge < -0.3 is 14.8 Å². The van der Waals surface area contributed by atoms with Crippen LogP contribution in [0, 0.1) is 0 Å². The molecule has 1 aliphatic carbocycles. The van der Waals surface area contributed by atoms with E-state index < -0.39 is 5.41 Å². The smallest absolute Gasteiger partial charge is 0.316 e. The summed E-state index contributed by atoms with van der Waals surface area (Å²) in [7, 11) is 1.41. The van der Waals surface area contributed by atoms with E-state index in [2.05, 4.69) is 5.32 Å². The molecule has 1 saturated carbocycles. The van der Waals surface area contributed by atoms with E-state index in [1.54, 1.807) is 6.07 Å². The van der Waals surface area contributed by atoms with E-state index in [1.165, 1.54) is 7.11 Å². The molecule has 3 rings (SSSR count). The highest BCUT2D eigenvalue weighted by Crippen LogP contribution is 2.46. The molecule has 1 aromatic carbocycles. The van der Waals surface area contributed by atoms with Crippen LogP contribution in [-0.4, -0.2) is 25.6 Å². The highest BCUT2D eigenvalue weighted by molar-refractivity contribution is 5.96. The van der Waals surface area contributed by atoms with Crippen LogP contribution in [0.5, 0.6) is 5.75 Å². The normalized spacial score (nSPS) is 19.5. The number of carbonyl (C=O) groups is 2. The minimum absolute atomic E-state index is 0.0362. The summed E-state index contributed by atoms with van der Waals surface area (Å²) in [6.07, 6.45) is 2.58. The summed E-state index contributed by atoms with van der Waals surface area (Å²) in [6.45, 7) is 0.0362. The third-order valence-corrected chi connectivity index (χ3v) is 3.95. The first kappa shape index (κ1) is 12.0. The van der Waals surface area contributed by atoms with E-state index in [9.17, 15) is 9.59 Å². The first-order chi connectivity index (χ1) is 9.15. The molecular weight excluding hydrogens is 246 g/mol. The molecule has 1 heterocycles. The van der Waals surface area contributed by atoms with Gasteiger partial charge in [0.2, 0.25) is 0 Å². The second-order valence-corrected chi connectivity index (χ2v) is 4.98. The lowest BCUT2D eigenvalue weighted by molar-refractivity contribution is -0.151. The molecule has 100 valence electrons. The van der Waals surface area contributed by atoms with E-state index in [1.807, 2.05) is 12.1 Å².